The van der Waals surface area contributed by atoms with Crippen LogP contribution in [0, 0.1) is 145 Å². The molecule has 2 aromatic heterocycles. The first-order valence-electron chi connectivity index (χ1n) is 43.5. The van der Waals surface area contributed by atoms with Gasteiger partial charge in [-0.3, -0.25) is 26.2 Å². The minimum atomic E-state index is -0.448. The predicted octanol–water partition coefficient (Wildman–Crippen LogP) is 16.0. The number of likely N-dealkylation sites (tertiary alicyclic amines) is 1. The van der Waals surface area contributed by atoms with Crippen molar-refractivity contribution < 1.29 is 152 Å². The first kappa shape index (κ1) is 130. The summed E-state index contributed by atoms with van der Waals surface area (Å²) in [4.78, 5) is 44.2. The van der Waals surface area contributed by atoms with E-state index in [4.69, 9.17) is 87.6 Å². The quantitative estimate of drug-likeness (QED) is 0.00495. The average Bonchev–Trinajstić information content (AvgIpc) is 1.69. The molecule has 35 nitrogen and oxygen atoms in total. The molecule has 3 aliphatic heterocycles. The van der Waals surface area contributed by atoms with E-state index in [1.165, 1.54) is 69.4 Å². The molecule has 38 heteroatoms. The molecular formula is C99H138ClN21O14Pr2. The van der Waals surface area contributed by atoms with Crippen LogP contribution in [0.4, 0.5) is 46.5 Å². The number of aliphatic hydroxyl groups is 1. The van der Waals surface area contributed by atoms with Crippen molar-refractivity contribution in [3.8, 4) is 47.2 Å². The number of nitriles is 3. The third-order valence-electron chi connectivity index (χ3n) is 17.2. The van der Waals surface area contributed by atoms with Gasteiger partial charge in [-0.15, -0.1) is 10.2 Å². The number of aryl methyl sites for hydroxylation is 4. The van der Waals surface area contributed by atoms with Crippen molar-refractivity contribution >= 4 is 81.4 Å². The number of carbonyl (C=O) groups excluding carboxylic acids is 2. The minimum absolute atomic E-state index is 0. The van der Waals surface area contributed by atoms with Crippen molar-refractivity contribution in [1.29, 1.82) is 15.8 Å². The summed E-state index contributed by atoms with van der Waals surface area (Å²) in [5.41, 5.74) is 25.6. The zero-order valence-corrected chi connectivity index (χ0v) is 89.0. The number of morpholine rings is 1. The van der Waals surface area contributed by atoms with Gasteiger partial charge in [0.05, 0.1) is 50.4 Å². The second-order valence-electron chi connectivity index (χ2n) is 29.2. The Bertz CT molecular complexity index is 5050. The summed E-state index contributed by atoms with van der Waals surface area (Å²) in [5, 5.41) is 50.6. The summed E-state index contributed by atoms with van der Waals surface area (Å²) < 4.78 is 43.8. The Morgan fingerprint density at radius 3 is 1.37 bits per heavy atom. The van der Waals surface area contributed by atoms with E-state index >= 15 is 0 Å². The number of aliphatic hydroxyl groups excluding tert-OH is 1. The number of amidine groups is 1. The van der Waals surface area contributed by atoms with Crippen molar-refractivity contribution in [3.05, 3.63) is 270 Å². The monoisotopic (exact) mass is 2160 g/mol. The largest absolute Gasteiger partial charge is 0.491 e. The van der Waals surface area contributed by atoms with Crippen LogP contribution >= 0.6 is 11.6 Å². The van der Waals surface area contributed by atoms with Gasteiger partial charge in [0.2, 0.25) is 30.0 Å². The van der Waals surface area contributed by atoms with Gasteiger partial charge in [-0.05, 0) is 281 Å². The van der Waals surface area contributed by atoms with Crippen LogP contribution in [-0.2, 0) is 14.2 Å². The van der Waals surface area contributed by atoms with Crippen LogP contribution in [0.5, 0.6) is 28.7 Å². The van der Waals surface area contributed by atoms with Crippen LogP contribution in [0.3, 0.4) is 0 Å². The van der Waals surface area contributed by atoms with E-state index in [0.29, 0.717) is 52.4 Å². The molecule has 21 N–H and O–H groups in total. The summed E-state index contributed by atoms with van der Waals surface area (Å²) in [7, 11) is 1.00. The SMILES string of the molecule is CC(C)Oc1ccc(C(=O)Cl)cc1.CCC#N.CCCC1OCCO1.CCCN1CCCCC1.CCCN1CCOCC1.CO.Cc1cccc(N)c1.Cc1cccc(N=C(NC#N)Oc2ccccc2)c1.Cc1cccc(Nc2n[nH]c(N)n2)c1.Cc1cccc(Nc2nc(N)n(C(=O)c3ccc(OC(C)C)cc3)n2)c1.N#CN=C(Oc1ccccc1)Oc1ccccc1.NN.O.O.O.[Pr].[Pr]. The van der Waals surface area contributed by atoms with Gasteiger partial charge < -0.3 is 92.2 Å². The van der Waals surface area contributed by atoms with Gasteiger partial charge in [-0.25, -0.2) is 10.4 Å². The molecular weight excluding hydrogens is 2020 g/mol. The second kappa shape index (κ2) is 80.9. The molecule has 0 atom stereocenters. The molecule has 3 aliphatic rings. The molecule has 2 radical (unpaired) electrons. The summed E-state index contributed by atoms with van der Waals surface area (Å²) in [6.45, 7) is 35.2. The number of piperidine rings is 1. The molecule has 11 aromatic rings. The van der Waals surface area contributed by atoms with E-state index in [2.05, 4.69) is 93.5 Å². The third kappa shape index (κ3) is 60.2. The van der Waals surface area contributed by atoms with Gasteiger partial charge >= 0.3 is 12.1 Å². The number of ether oxygens (including phenoxy) is 8. The van der Waals surface area contributed by atoms with Crippen LogP contribution in [-0.4, -0.2) is 176 Å². The van der Waals surface area contributed by atoms with Crippen LogP contribution in [0.2, 0.25) is 0 Å². The Labute approximate surface area is 878 Å². The summed E-state index contributed by atoms with van der Waals surface area (Å²) in [5.74, 6) is 11.9. The van der Waals surface area contributed by atoms with Gasteiger partial charge in [0.15, 0.2) is 12.5 Å². The molecule has 14 rings (SSSR count). The van der Waals surface area contributed by atoms with Crippen molar-refractivity contribution in [3.63, 3.8) is 0 Å². The Balaban J connectivity index is -0.00000149. The number of nitrogen functional groups attached to an aromatic ring is 3. The number of benzene rings is 9. The maximum absolute atomic E-state index is 12.6. The fourth-order valence-corrected chi connectivity index (χ4v) is 11.6. The number of hydrogen-bond acceptors (Lipinski definition) is 29. The van der Waals surface area contributed by atoms with Crippen LogP contribution in [0.25, 0.3) is 0 Å². The van der Waals surface area contributed by atoms with E-state index in [0.717, 1.165) is 104 Å². The number of hydrazine groups is 1. The molecule has 9 aromatic carbocycles. The van der Waals surface area contributed by atoms with E-state index in [1.807, 2.05) is 226 Å². The van der Waals surface area contributed by atoms with E-state index in [9.17, 15) is 9.59 Å². The summed E-state index contributed by atoms with van der Waals surface area (Å²) in [6.07, 6.45) is 13.4. The van der Waals surface area contributed by atoms with Crippen LogP contribution in [0.15, 0.2) is 247 Å². The Morgan fingerprint density at radius 2 is 0.978 bits per heavy atom. The van der Waals surface area contributed by atoms with Gasteiger partial charge in [0.1, 0.15) is 28.7 Å². The zero-order valence-electron chi connectivity index (χ0n) is 80.8. The standard InChI is InChI=1S/C19H21N5O2.C15H13N3O.C14H10N2O2.C10H11ClO2.C9H11N5.C8H17N.C7H15NO.C7H9N.C6H12O2.C3H5N.CH4O.H4N2.3H2O.2Pr/c1-12(2)26-16-9-7-14(8-10-16)17(25)24-18(20)22-19(23-24)21-15-6-4-5-13(3)11-15;1-12-6-5-7-13(10-12)18-15(17-11-16)19-14-8-3-2-4-9-14;15-11-16-14(17-12-7-3-1-4-8-12)18-13-9-5-2-6-10-13;1-7(2)13-9-5-3-8(4-6-9)10(11)12;1-6-3-2-4-7(5-6)11-9-12-8(10)13-14-9;1-2-6-9-7-4-3-5-8-9;1-2-3-8-4-6-9-7-5-8;1-6-3-2-4-7(8)5-6;1-2-3-6-7-4-5-8-6;1-2-3-4;2*1-2;;;;;/h4-12H,1-3H3,(H3,20,21,22,23);2-10H,1H3,(H,17,18);1-10H;3-7H,1-2H3;2-5H,1H3,(H4,10,11,12,13,14);2-8H2,1H3;2-7H2,1H3;2-5H,8H2,1H3;6H,2-5H2,1H3;2H2,1H3;2H,1H3;1-2H2;3*1H2;;. The second-order valence-corrected chi connectivity index (χ2v) is 29.5. The first-order chi connectivity index (χ1) is 63.9. The third-order valence-corrected chi connectivity index (χ3v) is 17.5. The van der Waals surface area contributed by atoms with E-state index < -0.39 is 5.24 Å². The number of aliphatic imine (C=N–C) groups is 2. The molecule has 0 aliphatic carbocycles. The van der Waals surface area contributed by atoms with Gasteiger partial charge in [0, 0.05) is 137 Å². The molecule has 3 saturated heterocycles. The molecule has 3 fully saturated rings. The van der Waals surface area contributed by atoms with Gasteiger partial charge in [-0.1, -0.05) is 149 Å². The number of hydrogen-bond donors (Lipinski definition) is 10. The molecule has 0 amide bonds. The van der Waals surface area contributed by atoms with Crippen LogP contribution < -0.4 is 68.5 Å². The van der Waals surface area contributed by atoms with Gasteiger partial charge in [-0.2, -0.15) is 35.4 Å². The maximum Gasteiger partial charge on any atom is 0.410 e. The number of nitrogens with one attached hydrogen (secondary N) is 4. The van der Waals surface area contributed by atoms with Crippen molar-refractivity contribution in [1.82, 2.24) is 45.1 Å². The van der Waals surface area contributed by atoms with Crippen molar-refractivity contribution in [2.75, 3.05) is 101 Å². The van der Waals surface area contributed by atoms with Crippen LogP contribution in [0.1, 0.15) is 150 Å². The normalized spacial score (nSPS) is 11.7. The molecule has 0 bridgehead atoms. The average molecular weight is 2160 g/mol. The molecule has 137 heavy (non-hydrogen) atoms. The Kier molecular flexibility index (Phi) is 76.7. The number of anilines is 7. The summed E-state index contributed by atoms with van der Waals surface area (Å²) >= 11 is 5.28. The first-order valence-corrected chi connectivity index (χ1v) is 43.8. The fourth-order valence-electron chi connectivity index (χ4n) is 11.5. The fraction of sp³-hybridized carbons (Fsp3) is 0.343. The molecule has 0 unspecified atom stereocenters. The van der Waals surface area contributed by atoms with Crippen molar-refractivity contribution in [2.24, 2.45) is 21.7 Å². The molecule has 5 heterocycles. The van der Waals surface area contributed by atoms with E-state index in [-0.39, 0.29) is 147 Å². The number of aromatic nitrogens is 6. The van der Waals surface area contributed by atoms with Gasteiger partial charge in [0.25, 0.3) is 11.1 Å². The summed E-state index contributed by atoms with van der Waals surface area (Å²) in [6, 6.07) is 74.0. The Hall–Kier alpha value is -11.2. The minimum Gasteiger partial charge on any atom is -0.491 e. The molecule has 736 valence electrons. The smallest absolute Gasteiger partial charge is 0.410 e. The number of halogens is 1. The molecule has 0 saturated carbocycles. The zero-order chi connectivity index (χ0) is 96.9. The Morgan fingerprint density at radius 1 is 0.540 bits per heavy atom. The van der Waals surface area contributed by atoms with E-state index in [1.54, 1.807) is 91.1 Å². The number of carbonyl (C=O) groups is 2. The number of aromatic amines is 1. The van der Waals surface area contributed by atoms with Crippen molar-refractivity contribution in [2.45, 2.75) is 153 Å². The topological polar surface area (TPSA) is 564 Å². The predicted molar refractivity (Wildman–Crippen MR) is 537 cm³/mol. The number of nitrogens with zero attached hydrogens (tertiary/aromatic N) is 12. The number of H-pyrrole nitrogens is 1. The molecule has 0 spiro atoms. The maximum atomic E-state index is 12.6. The number of para-hydroxylation sites is 3. The number of rotatable bonds is 20. The number of nitrogens with two attached hydrogens (primary N) is 5.